The summed E-state index contributed by atoms with van der Waals surface area (Å²) in [5.41, 5.74) is 3.19. The molecule has 2 aliphatic rings. The molecule has 8 heteroatoms. The largest absolute Gasteiger partial charge is 0.456 e. The first kappa shape index (κ1) is 25.1. The van der Waals surface area contributed by atoms with Crippen LogP contribution in [0.5, 0.6) is 11.5 Å². The number of aliphatic hydroxyl groups is 3. The van der Waals surface area contributed by atoms with E-state index in [1.165, 1.54) is 0 Å². The van der Waals surface area contributed by atoms with Gasteiger partial charge in [0.1, 0.15) is 11.5 Å². The van der Waals surface area contributed by atoms with Crippen LogP contribution in [-0.4, -0.2) is 66.8 Å². The van der Waals surface area contributed by atoms with E-state index in [1.807, 2.05) is 78.2 Å². The molecule has 1 spiro atoms. The number of likely N-dealkylation sites (N-methyl/N-ethyl adjacent to an activating group) is 2. The van der Waals surface area contributed by atoms with Gasteiger partial charge in [-0.3, -0.25) is 0 Å². The minimum atomic E-state index is -1.17. The summed E-state index contributed by atoms with van der Waals surface area (Å²) in [5.74, 6) is 0.700. The van der Waals surface area contributed by atoms with Crippen molar-refractivity contribution in [2.75, 3.05) is 49.3 Å². The average Bonchev–Trinajstić information content (AvgIpc) is 3.22. The summed E-state index contributed by atoms with van der Waals surface area (Å²) in [6.45, 7) is 5.37. The lowest BCUT2D eigenvalue weighted by Crippen LogP contribution is -2.41. The lowest BCUT2D eigenvalue weighted by Gasteiger charge is -2.38. The van der Waals surface area contributed by atoms with Crippen LogP contribution >= 0.6 is 0 Å². The minimum absolute atomic E-state index is 0.0244. The Labute approximate surface area is 216 Å². The van der Waals surface area contributed by atoms with Gasteiger partial charge >= 0.3 is 5.97 Å². The maximum absolute atomic E-state index is 13.1. The van der Waals surface area contributed by atoms with Crippen molar-refractivity contribution >= 4 is 17.3 Å². The first-order valence-corrected chi connectivity index (χ1v) is 12.7. The summed E-state index contributed by atoms with van der Waals surface area (Å²) in [6.07, 6.45) is 0. The molecule has 37 heavy (non-hydrogen) atoms. The van der Waals surface area contributed by atoms with Crippen LogP contribution in [-0.2, 0) is 10.3 Å². The van der Waals surface area contributed by atoms with E-state index < -0.39 is 17.6 Å². The molecule has 194 valence electrons. The fourth-order valence-corrected chi connectivity index (χ4v) is 5.53. The highest BCUT2D eigenvalue weighted by atomic mass is 16.6. The van der Waals surface area contributed by atoms with Gasteiger partial charge in [0, 0.05) is 59.8 Å². The van der Waals surface area contributed by atoms with Gasteiger partial charge in [0.25, 0.3) is 0 Å². The van der Waals surface area contributed by atoms with E-state index in [0.717, 1.165) is 22.5 Å². The zero-order valence-electron chi connectivity index (χ0n) is 21.1. The van der Waals surface area contributed by atoms with Crippen molar-refractivity contribution in [3.63, 3.8) is 0 Å². The number of esters is 1. The van der Waals surface area contributed by atoms with Gasteiger partial charge in [0.05, 0.1) is 31.4 Å². The van der Waals surface area contributed by atoms with Gasteiger partial charge in [-0.1, -0.05) is 18.2 Å². The van der Waals surface area contributed by atoms with Gasteiger partial charge in [0.2, 0.25) is 0 Å². The van der Waals surface area contributed by atoms with Gasteiger partial charge in [-0.05, 0) is 44.2 Å². The summed E-state index contributed by atoms with van der Waals surface area (Å²) < 4.78 is 12.7. The van der Waals surface area contributed by atoms with E-state index in [1.54, 1.807) is 6.07 Å². The molecule has 0 aliphatic carbocycles. The van der Waals surface area contributed by atoms with Crippen molar-refractivity contribution in [1.29, 1.82) is 0 Å². The molecule has 0 radical (unpaired) electrons. The smallest absolute Gasteiger partial charge is 0.340 e. The highest BCUT2D eigenvalue weighted by Gasteiger charge is 2.53. The van der Waals surface area contributed by atoms with Gasteiger partial charge in [-0.2, -0.15) is 0 Å². The van der Waals surface area contributed by atoms with Crippen LogP contribution in [0.25, 0.3) is 0 Å². The molecule has 0 bridgehead atoms. The quantitative estimate of drug-likeness (QED) is 0.382. The third kappa shape index (κ3) is 3.92. The van der Waals surface area contributed by atoms with E-state index in [4.69, 9.17) is 9.47 Å². The Bertz CT molecular complexity index is 1310. The number of hydrogen-bond donors (Lipinski definition) is 3. The highest BCUT2D eigenvalue weighted by Crippen LogP contribution is 2.57. The monoisotopic (exact) mass is 504 g/mol. The van der Waals surface area contributed by atoms with Crippen molar-refractivity contribution in [2.45, 2.75) is 25.5 Å². The standard InChI is InChI=1S/C29H32N2O6/c1-3-30(13-14-32)19-9-11-24-26(15-19)36-27-16-20(31(4-2)21(17-33)18-34)10-12-25(27)29(24)23-8-6-5-7-22(23)28(35)37-29/h5-12,15-16,21,32-34H,3-4,13-14,17-18H2,1-2H3. The van der Waals surface area contributed by atoms with Gasteiger partial charge in [-0.25, -0.2) is 4.79 Å². The Kier molecular flexibility index (Phi) is 6.81. The normalized spacial score (nSPS) is 17.2. The lowest BCUT2D eigenvalue weighted by molar-refractivity contribution is 0.0224. The number of hydrogen-bond acceptors (Lipinski definition) is 8. The van der Waals surface area contributed by atoms with E-state index in [2.05, 4.69) is 0 Å². The van der Waals surface area contributed by atoms with Crippen molar-refractivity contribution in [3.05, 3.63) is 82.9 Å². The number of carbonyl (C=O) groups excluding carboxylic acids is 1. The van der Waals surface area contributed by atoms with Gasteiger partial charge in [-0.15, -0.1) is 0 Å². The SMILES string of the molecule is CCN(CCO)c1ccc2c(c1)Oc1cc(N(CC)C(CO)CO)ccc1C21OC(=O)c2ccccc21. The predicted molar refractivity (Wildman–Crippen MR) is 141 cm³/mol. The first-order chi connectivity index (χ1) is 18.0. The zero-order chi connectivity index (χ0) is 26.2. The average molecular weight is 505 g/mol. The fourth-order valence-electron chi connectivity index (χ4n) is 5.53. The Morgan fingerprint density at radius 2 is 1.49 bits per heavy atom. The molecule has 0 amide bonds. The molecule has 2 heterocycles. The van der Waals surface area contributed by atoms with Crippen LogP contribution in [0.15, 0.2) is 60.7 Å². The molecule has 0 saturated heterocycles. The molecule has 0 aromatic heterocycles. The summed E-state index contributed by atoms with van der Waals surface area (Å²) in [5, 5.41) is 29.1. The molecule has 0 saturated carbocycles. The van der Waals surface area contributed by atoms with Crippen LogP contribution in [0.4, 0.5) is 11.4 Å². The number of ether oxygens (including phenoxy) is 2. The zero-order valence-corrected chi connectivity index (χ0v) is 21.1. The van der Waals surface area contributed by atoms with Gasteiger partial charge in [0.15, 0.2) is 5.60 Å². The molecule has 3 aromatic rings. The Balaban J connectivity index is 1.71. The van der Waals surface area contributed by atoms with Crippen LogP contribution in [0.1, 0.15) is 40.9 Å². The summed E-state index contributed by atoms with van der Waals surface area (Å²) >= 11 is 0. The lowest BCUT2D eigenvalue weighted by atomic mass is 9.77. The molecule has 3 N–H and O–H groups in total. The summed E-state index contributed by atoms with van der Waals surface area (Å²) in [4.78, 5) is 17.0. The second-order valence-corrected chi connectivity index (χ2v) is 9.19. The number of fused-ring (bicyclic) bond motifs is 6. The maximum atomic E-state index is 13.1. The molecular formula is C29H32N2O6. The van der Waals surface area contributed by atoms with E-state index >= 15 is 0 Å². The molecule has 5 rings (SSSR count). The molecule has 1 unspecified atom stereocenters. The number of anilines is 2. The summed E-state index contributed by atoms with van der Waals surface area (Å²) in [7, 11) is 0. The Hall–Kier alpha value is -3.59. The first-order valence-electron chi connectivity index (χ1n) is 12.7. The number of aliphatic hydroxyl groups excluding tert-OH is 3. The molecule has 2 aliphatic heterocycles. The third-order valence-corrected chi connectivity index (χ3v) is 7.33. The molecule has 3 aromatic carbocycles. The van der Waals surface area contributed by atoms with Crippen molar-refractivity contribution in [2.24, 2.45) is 0 Å². The fraction of sp³-hybridized carbons (Fsp3) is 0.345. The van der Waals surface area contributed by atoms with Gasteiger partial charge < -0.3 is 34.6 Å². The second-order valence-electron chi connectivity index (χ2n) is 9.19. The molecular weight excluding hydrogens is 472 g/mol. The van der Waals surface area contributed by atoms with Crippen molar-refractivity contribution in [3.8, 4) is 11.5 Å². The van der Waals surface area contributed by atoms with Crippen LogP contribution in [0, 0.1) is 0 Å². The number of carbonyl (C=O) groups is 1. The third-order valence-electron chi connectivity index (χ3n) is 7.33. The van der Waals surface area contributed by atoms with Crippen LogP contribution in [0.2, 0.25) is 0 Å². The van der Waals surface area contributed by atoms with Crippen LogP contribution < -0.4 is 14.5 Å². The number of nitrogens with zero attached hydrogens (tertiary/aromatic N) is 2. The van der Waals surface area contributed by atoms with E-state index in [0.29, 0.717) is 42.3 Å². The number of rotatable bonds is 9. The highest BCUT2D eigenvalue weighted by molar-refractivity contribution is 5.97. The van der Waals surface area contributed by atoms with Crippen molar-refractivity contribution in [1.82, 2.24) is 0 Å². The number of benzene rings is 3. The van der Waals surface area contributed by atoms with Crippen LogP contribution in [0.3, 0.4) is 0 Å². The minimum Gasteiger partial charge on any atom is -0.456 e. The van der Waals surface area contributed by atoms with Crippen molar-refractivity contribution < 1.29 is 29.6 Å². The summed E-state index contributed by atoms with van der Waals surface area (Å²) in [6, 6.07) is 18.4. The Morgan fingerprint density at radius 1 is 0.838 bits per heavy atom. The predicted octanol–water partition coefficient (Wildman–Crippen LogP) is 3.25. The maximum Gasteiger partial charge on any atom is 0.340 e. The molecule has 0 fully saturated rings. The molecule has 8 nitrogen and oxygen atoms in total. The van der Waals surface area contributed by atoms with E-state index in [9.17, 15) is 20.1 Å². The second kappa shape index (κ2) is 10.0. The van der Waals surface area contributed by atoms with E-state index in [-0.39, 0.29) is 19.8 Å². The molecule has 1 atom stereocenters. The Morgan fingerprint density at radius 3 is 2.11 bits per heavy atom. The topological polar surface area (TPSA) is 103 Å².